The molecule has 0 aliphatic heterocycles. The Labute approximate surface area is 129 Å². The maximum Gasteiger partial charge on any atom is 0.251 e. The van der Waals surface area contributed by atoms with E-state index in [-0.39, 0.29) is 18.1 Å². The second kappa shape index (κ2) is 6.18. The highest BCUT2D eigenvalue weighted by Crippen LogP contribution is 2.36. The summed E-state index contributed by atoms with van der Waals surface area (Å²) < 4.78 is 19.4. The molecule has 1 heterocycles. The fourth-order valence-electron chi connectivity index (χ4n) is 2.44. The molecule has 4 heteroatoms. The third-order valence-corrected chi connectivity index (χ3v) is 3.88. The van der Waals surface area contributed by atoms with Gasteiger partial charge in [-0.05, 0) is 49.9 Å². The summed E-state index contributed by atoms with van der Waals surface area (Å²) in [6.07, 6.45) is 5.43. The Bertz CT molecular complexity index is 687. The van der Waals surface area contributed by atoms with E-state index in [4.69, 9.17) is 4.42 Å². The Hall–Kier alpha value is -2.36. The molecule has 0 N–H and O–H groups in total. The van der Waals surface area contributed by atoms with Crippen molar-refractivity contribution in [3.63, 3.8) is 0 Å². The maximum absolute atomic E-state index is 14.1. The van der Waals surface area contributed by atoms with Crippen LogP contribution in [-0.2, 0) is 11.3 Å². The zero-order valence-corrected chi connectivity index (χ0v) is 12.5. The lowest BCUT2D eigenvalue weighted by molar-refractivity contribution is -0.114. The highest BCUT2D eigenvalue weighted by Gasteiger charge is 2.25. The standard InChI is InChI=1S/C18H18FNO2/c1-13(14-8-9-14)11-18(21)20(12-15-5-4-10-22-15)17-7-3-2-6-16(17)19/h2-7,10-11,14H,8-9,12H2,1H3. The van der Waals surface area contributed by atoms with Crippen molar-refractivity contribution in [2.24, 2.45) is 5.92 Å². The number of furan rings is 1. The van der Waals surface area contributed by atoms with Gasteiger partial charge in [-0.2, -0.15) is 0 Å². The van der Waals surface area contributed by atoms with Crippen molar-refractivity contribution in [1.82, 2.24) is 0 Å². The second-order valence-corrected chi connectivity index (χ2v) is 5.62. The maximum atomic E-state index is 14.1. The summed E-state index contributed by atoms with van der Waals surface area (Å²) in [7, 11) is 0. The van der Waals surface area contributed by atoms with Crippen LogP contribution in [0.1, 0.15) is 25.5 Å². The van der Waals surface area contributed by atoms with Gasteiger partial charge in [-0.1, -0.05) is 17.7 Å². The molecular weight excluding hydrogens is 281 g/mol. The number of hydrogen-bond acceptors (Lipinski definition) is 2. The SMILES string of the molecule is CC(=CC(=O)N(Cc1ccco1)c1ccccc1F)C1CC1. The Morgan fingerprint density at radius 3 is 2.73 bits per heavy atom. The number of anilines is 1. The molecule has 22 heavy (non-hydrogen) atoms. The van der Waals surface area contributed by atoms with Crippen LogP contribution in [0.15, 0.2) is 58.7 Å². The number of allylic oxidation sites excluding steroid dienone is 1. The minimum atomic E-state index is -0.417. The molecule has 1 saturated carbocycles. The van der Waals surface area contributed by atoms with Crippen LogP contribution in [0, 0.1) is 11.7 Å². The van der Waals surface area contributed by atoms with Gasteiger partial charge in [0.15, 0.2) is 0 Å². The molecule has 1 aromatic carbocycles. The zero-order chi connectivity index (χ0) is 15.5. The van der Waals surface area contributed by atoms with Gasteiger partial charge in [0.2, 0.25) is 0 Å². The monoisotopic (exact) mass is 299 g/mol. The molecule has 1 fully saturated rings. The second-order valence-electron chi connectivity index (χ2n) is 5.62. The predicted octanol–water partition coefficient (Wildman–Crippen LogP) is 4.31. The van der Waals surface area contributed by atoms with E-state index >= 15 is 0 Å². The third-order valence-electron chi connectivity index (χ3n) is 3.88. The first-order valence-corrected chi connectivity index (χ1v) is 7.42. The number of carbonyl (C=O) groups is 1. The normalized spacial score (nSPS) is 14.9. The van der Waals surface area contributed by atoms with Gasteiger partial charge in [0.25, 0.3) is 5.91 Å². The van der Waals surface area contributed by atoms with Crippen molar-refractivity contribution in [3.05, 3.63) is 65.9 Å². The largest absolute Gasteiger partial charge is 0.467 e. The van der Waals surface area contributed by atoms with E-state index < -0.39 is 5.82 Å². The van der Waals surface area contributed by atoms with Gasteiger partial charge in [-0.15, -0.1) is 0 Å². The lowest BCUT2D eigenvalue weighted by Gasteiger charge is -2.21. The Kier molecular flexibility index (Phi) is 4.09. The van der Waals surface area contributed by atoms with Gasteiger partial charge < -0.3 is 4.42 Å². The van der Waals surface area contributed by atoms with Gasteiger partial charge in [0.1, 0.15) is 11.6 Å². The minimum Gasteiger partial charge on any atom is -0.467 e. The third kappa shape index (κ3) is 3.27. The molecule has 1 aromatic heterocycles. The summed E-state index contributed by atoms with van der Waals surface area (Å²) >= 11 is 0. The molecule has 1 aliphatic carbocycles. The Morgan fingerprint density at radius 1 is 1.32 bits per heavy atom. The molecule has 0 unspecified atom stereocenters. The number of carbonyl (C=O) groups excluding carboxylic acids is 1. The van der Waals surface area contributed by atoms with E-state index in [1.807, 2.05) is 6.92 Å². The molecule has 1 aliphatic rings. The van der Waals surface area contributed by atoms with E-state index in [0.29, 0.717) is 11.7 Å². The number of benzene rings is 1. The van der Waals surface area contributed by atoms with Crippen molar-refractivity contribution in [2.45, 2.75) is 26.3 Å². The zero-order valence-electron chi connectivity index (χ0n) is 12.5. The first kappa shape index (κ1) is 14.6. The fraction of sp³-hybridized carbons (Fsp3) is 0.278. The molecule has 0 bridgehead atoms. The lowest BCUT2D eigenvalue weighted by Crippen LogP contribution is -2.29. The van der Waals surface area contributed by atoms with Crippen molar-refractivity contribution in [2.75, 3.05) is 4.90 Å². The summed E-state index contributed by atoms with van der Waals surface area (Å²) in [5.74, 6) is 0.495. The smallest absolute Gasteiger partial charge is 0.251 e. The van der Waals surface area contributed by atoms with Crippen LogP contribution in [-0.4, -0.2) is 5.91 Å². The van der Waals surface area contributed by atoms with Gasteiger partial charge in [0, 0.05) is 6.08 Å². The summed E-state index contributed by atoms with van der Waals surface area (Å²) in [6, 6.07) is 9.83. The predicted molar refractivity (Wildman–Crippen MR) is 82.8 cm³/mol. The van der Waals surface area contributed by atoms with E-state index in [2.05, 4.69) is 0 Å². The number of amides is 1. The van der Waals surface area contributed by atoms with Crippen molar-refractivity contribution in [3.8, 4) is 0 Å². The molecule has 0 saturated heterocycles. The number of rotatable bonds is 5. The van der Waals surface area contributed by atoms with Gasteiger partial charge in [0.05, 0.1) is 18.5 Å². The topological polar surface area (TPSA) is 33.5 Å². The van der Waals surface area contributed by atoms with Crippen LogP contribution < -0.4 is 4.90 Å². The molecule has 3 rings (SSSR count). The van der Waals surface area contributed by atoms with Gasteiger partial charge in [-0.3, -0.25) is 9.69 Å². The fourth-order valence-corrected chi connectivity index (χ4v) is 2.44. The van der Waals surface area contributed by atoms with Crippen LogP contribution >= 0.6 is 0 Å². The van der Waals surface area contributed by atoms with Crippen LogP contribution in [0.4, 0.5) is 10.1 Å². The first-order chi connectivity index (χ1) is 10.6. The van der Waals surface area contributed by atoms with Crippen LogP contribution in [0.2, 0.25) is 0 Å². The molecule has 0 atom stereocenters. The highest BCUT2D eigenvalue weighted by molar-refractivity contribution is 6.01. The summed E-state index contributed by atoms with van der Waals surface area (Å²) in [4.78, 5) is 14.0. The molecular formula is C18H18FNO2. The number of hydrogen-bond donors (Lipinski definition) is 0. The van der Waals surface area contributed by atoms with E-state index in [1.165, 1.54) is 11.0 Å². The molecule has 1 amide bonds. The molecule has 2 aromatic rings. The van der Waals surface area contributed by atoms with E-state index in [9.17, 15) is 9.18 Å². The average molecular weight is 299 g/mol. The summed E-state index contributed by atoms with van der Waals surface area (Å²) in [5.41, 5.74) is 1.33. The summed E-state index contributed by atoms with van der Waals surface area (Å²) in [6.45, 7) is 2.17. The van der Waals surface area contributed by atoms with Gasteiger partial charge >= 0.3 is 0 Å². The number of para-hydroxylation sites is 1. The Balaban J connectivity index is 1.90. The quantitative estimate of drug-likeness (QED) is 0.771. The lowest BCUT2D eigenvalue weighted by atomic mass is 10.1. The van der Waals surface area contributed by atoms with E-state index in [1.54, 1.807) is 42.7 Å². The highest BCUT2D eigenvalue weighted by atomic mass is 19.1. The summed E-state index contributed by atoms with van der Waals surface area (Å²) in [5, 5.41) is 0. The molecule has 114 valence electrons. The Morgan fingerprint density at radius 2 is 2.09 bits per heavy atom. The van der Waals surface area contributed by atoms with Crippen LogP contribution in [0.3, 0.4) is 0 Å². The molecule has 0 spiro atoms. The van der Waals surface area contributed by atoms with Gasteiger partial charge in [-0.25, -0.2) is 4.39 Å². The minimum absolute atomic E-state index is 0.210. The van der Waals surface area contributed by atoms with Crippen molar-refractivity contribution in [1.29, 1.82) is 0 Å². The van der Waals surface area contributed by atoms with Crippen LogP contribution in [0.25, 0.3) is 0 Å². The van der Waals surface area contributed by atoms with Crippen molar-refractivity contribution >= 4 is 11.6 Å². The van der Waals surface area contributed by atoms with Crippen LogP contribution in [0.5, 0.6) is 0 Å². The number of halogens is 1. The average Bonchev–Trinajstić information content (AvgIpc) is 3.23. The first-order valence-electron chi connectivity index (χ1n) is 7.42. The molecule has 0 radical (unpaired) electrons. The van der Waals surface area contributed by atoms with E-state index in [0.717, 1.165) is 18.4 Å². The number of nitrogens with zero attached hydrogens (tertiary/aromatic N) is 1. The molecule has 3 nitrogen and oxygen atoms in total. The van der Waals surface area contributed by atoms with Crippen molar-refractivity contribution < 1.29 is 13.6 Å².